The van der Waals surface area contributed by atoms with E-state index in [1.165, 1.54) is 6.92 Å². The number of carbonyl (C=O) groups is 1. The number of carbonyl (C=O) groups excluding carboxylic acids is 1. The molecule has 5 heteroatoms. The second-order valence-electron chi connectivity index (χ2n) is 2.51. The molecule has 1 N–H and O–H groups in total. The van der Waals surface area contributed by atoms with E-state index in [1.807, 2.05) is 0 Å². The normalized spacial score (nSPS) is 10.5. The quantitative estimate of drug-likeness (QED) is 0.718. The summed E-state index contributed by atoms with van der Waals surface area (Å²) >= 11 is 0. The van der Waals surface area contributed by atoms with E-state index in [9.17, 15) is 13.6 Å². The monoisotopic (exact) mass is 187 g/mol. The fourth-order valence-corrected chi connectivity index (χ4v) is 0.965. The van der Waals surface area contributed by atoms with Crippen molar-refractivity contribution in [2.45, 2.75) is 13.3 Å². The van der Waals surface area contributed by atoms with Crippen molar-refractivity contribution in [2.24, 2.45) is 0 Å². The molecule has 1 aromatic rings. The molecule has 1 heterocycles. The van der Waals surface area contributed by atoms with Gasteiger partial charge in [-0.15, -0.1) is 0 Å². The number of pyridine rings is 1. The second kappa shape index (κ2) is 3.47. The van der Waals surface area contributed by atoms with Crippen molar-refractivity contribution in [3.05, 3.63) is 23.0 Å². The van der Waals surface area contributed by atoms with E-state index in [1.54, 1.807) is 0 Å². The molecular formula is C8H7F2NO2. The molecule has 0 aromatic carbocycles. The van der Waals surface area contributed by atoms with Crippen LogP contribution in [0.3, 0.4) is 0 Å². The van der Waals surface area contributed by atoms with Gasteiger partial charge >= 0.3 is 0 Å². The summed E-state index contributed by atoms with van der Waals surface area (Å²) in [6, 6.07) is 1.05. The SMILES string of the molecule is Cc1cc(C(F)F)c(O)c(C=O)n1. The highest BCUT2D eigenvalue weighted by molar-refractivity contribution is 5.77. The minimum absolute atomic E-state index is 0.244. The van der Waals surface area contributed by atoms with Crippen molar-refractivity contribution in [3.8, 4) is 5.75 Å². The summed E-state index contributed by atoms with van der Waals surface area (Å²) in [6.07, 6.45) is -2.56. The number of aromatic hydroxyl groups is 1. The summed E-state index contributed by atoms with van der Waals surface area (Å²) in [6.45, 7) is 1.47. The van der Waals surface area contributed by atoms with Crippen LogP contribution in [0.5, 0.6) is 5.75 Å². The number of rotatable bonds is 2. The average Bonchev–Trinajstić information content (AvgIpc) is 2.08. The van der Waals surface area contributed by atoms with Crippen LogP contribution < -0.4 is 0 Å². The lowest BCUT2D eigenvalue weighted by Gasteiger charge is -2.05. The van der Waals surface area contributed by atoms with Crippen LogP contribution in [0.2, 0.25) is 0 Å². The molecule has 13 heavy (non-hydrogen) atoms. The van der Waals surface area contributed by atoms with E-state index in [4.69, 9.17) is 5.11 Å². The summed E-state index contributed by atoms with van der Waals surface area (Å²) < 4.78 is 24.4. The molecule has 0 aliphatic heterocycles. The molecule has 0 saturated heterocycles. The Labute approximate surface area is 73.0 Å². The Morgan fingerprint density at radius 2 is 2.23 bits per heavy atom. The molecule has 1 rings (SSSR count). The van der Waals surface area contributed by atoms with Gasteiger partial charge in [0.2, 0.25) is 0 Å². The van der Waals surface area contributed by atoms with Crippen LogP contribution >= 0.6 is 0 Å². The van der Waals surface area contributed by atoms with Crippen LogP contribution in [0.1, 0.15) is 28.2 Å². The second-order valence-corrected chi connectivity index (χ2v) is 2.51. The number of halogens is 2. The summed E-state index contributed by atoms with van der Waals surface area (Å²) in [7, 11) is 0. The number of hydrogen-bond acceptors (Lipinski definition) is 3. The lowest BCUT2D eigenvalue weighted by atomic mass is 10.2. The molecule has 0 radical (unpaired) electrons. The minimum atomic E-state index is -2.81. The van der Waals surface area contributed by atoms with Crippen molar-refractivity contribution in [2.75, 3.05) is 0 Å². The van der Waals surface area contributed by atoms with Gasteiger partial charge in [0.1, 0.15) is 5.69 Å². The van der Waals surface area contributed by atoms with E-state index >= 15 is 0 Å². The highest BCUT2D eigenvalue weighted by atomic mass is 19.3. The molecule has 0 saturated carbocycles. The van der Waals surface area contributed by atoms with Crippen LogP contribution in [-0.2, 0) is 0 Å². The Morgan fingerprint density at radius 3 is 2.69 bits per heavy atom. The van der Waals surface area contributed by atoms with Gasteiger partial charge in [-0.1, -0.05) is 0 Å². The minimum Gasteiger partial charge on any atom is -0.505 e. The molecule has 0 spiro atoms. The first kappa shape index (κ1) is 9.57. The van der Waals surface area contributed by atoms with Crippen LogP contribution in [0.15, 0.2) is 6.07 Å². The van der Waals surface area contributed by atoms with Gasteiger partial charge in [-0.2, -0.15) is 0 Å². The first-order chi connectivity index (χ1) is 6.06. The molecule has 1 aromatic heterocycles. The Kier molecular flexibility index (Phi) is 2.55. The van der Waals surface area contributed by atoms with Gasteiger partial charge in [0.25, 0.3) is 6.43 Å². The van der Waals surface area contributed by atoms with Gasteiger partial charge in [0, 0.05) is 5.69 Å². The molecule has 0 amide bonds. The number of alkyl halides is 2. The molecule has 0 atom stereocenters. The fourth-order valence-electron chi connectivity index (χ4n) is 0.965. The van der Waals surface area contributed by atoms with E-state index in [0.717, 1.165) is 6.07 Å². The average molecular weight is 187 g/mol. The smallest absolute Gasteiger partial charge is 0.267 e. The highest BCUT2D eigenvalue weighted by Gasteiger charge is 2.17. The van der Waals surface area contributed by atoms with Crippen molar-refractivity contribution in [3.63, 3.8) is 0 Å². The van der Waals surface area contributed by atoms with Crippen molar-refractivity contribution in [1.29, 1.82) is 0 Å². The van der Waals surface area contributed by atoms with Crippen molar-refractivity contribution < 1.29 is 18.7 Å². The van der Waals surface area contributed by atoms with E-state index in [0.29, 0.717) is 0 Å². The Balaban J connectivity index is 3.35. The van der Waals surface area contributed by atoms with Gasteiger partial charge in [0.05, 0.1) is 5.56 Å². The first-order valence-electron chi connectivity index (χ1n) is 3.50. The zero-order chi connectivity index (χ0) is 10.0. The lowest BCUT2D eigenvalue weighted by molar-refractivity contribution is 0.111. The molecular weight excluding hydrogens is 180 g/mol. The molecule has 0 aliphatic carbocycles. The maximum Gasteiger partial charge on any atom is 0.267 e. The lowest BCUT2D eigenvalue weighted by Crippen LogP contribution is -1.96. The summed E-state index contributed by atoms with van der Waals surface area (Å²) in [5.74, 6) is -0.740. The Bertz CT molecular complexity index is 339. The van der Waals surface area contributed by atoms with E-state index < -0.39 is 17.7 Å². The molecule has 3 nitrogen and oxygen atoms in total. The van der Waals surface area contributed by atoms with Gasteiger partial charge in [-0.25, -0.2) is 13.8 Å². The van der Waals surface area contributed by atoms with Crippen molar-refractivity contribution in [1.82, 2.24) is 4.98 Å². The van der Waals surface area contributed by atoms with E-state index in [-0.39, 0.29) is 17.7 Å². The summed E-state index contributed by atoms with van der Waals surface area (Å²) in [5, 5.41) is 9.11. The highest BCUT2D eigenvalue weighted by Crippen LogP contribution is 2.29. The molecule has 0 unspecified atom stereocenters. The van der Waals surface area contributed by atoms with Crippen LogP contribution in [-0.4, -0.2) is 16.4 Å². The number of nitrogens with zero attached hydrogens (tertiary/aromatic N) is 1. The molecule has 0 aliphatic rings. The third kappa shape index (κ3) is 1.80. The van der Waals surface area contributed by atoms with Gasteiger partial charge in [-0.3, -0.25) is 4.79 Å². The molecule has 0 fully saturated rings. The van der Waals surface area contributed by atoms with Gasteiger partial charge in [0.15, 0.2) is 12.0 Å². The molecule has 70 valence electrons. The number of aromatic nitrogens is 1. The van der Waals surface area contributed by atoms with Crippen molar-refractivity contribution >= 4 is 6.29 Å². The number of aryl methyl sites for hydroxylation is 1. The van der Waals surface area contributed by atoms with Gasteiger partial charge < -0.3 is 5.11 Å². The number of hydrogen-bond donors (Lipinski definition) is 1. The predicted molar refractivity (Wildman–Crippen MR) is 41.0 cm³/mol. The standard InChI is InChI=1S/C8H7F2NO2/c1-4-2-5(8(9)10)7(13)6(3-12)11-4/h2-3,8,13H,1H3. The molecule has 0 bridgehead atoms. The maximum atomic E-state index is 12.2. The van der Waals surface area contributed by atoms with Crippen LogP contribution in [0.4, 0.5) is 8.78 Å². The summed E-state index contributed by atoms with van der Waals surface area (Å²) in [5.41, 5.74) is -0.639. The largest absolute Gasteiger partial charge is 0.505 e. The fraction of sp³-hybridized carbons (Fsp3) is 0.250. The van der Waals surface area contributed by atoms with Gasteiger partial charge in [-0.05, 0) is 13.0 Å². The predicted octanol–water partition coefficient (Wildman–Crippen LogP) is 1.85. The Hall–Kier alpha value is -1.52. The number of aldehydes is 1. The van der Waals surface area contributed by atoms with Crippen LogP contribution in [0, 0.1) is 6.92 Å². The maximum absolute atomic E-state index is 12.2. The third-order valence-corrected chi connectivity index (χ3v) is 1.52. The van der Waals surface area contributed by atoms with Crippen LogP contribution in [0.25, 0.3) is 0 Å². The Morgan fingerprint density at radius 1 is 1.62 bits per heavy atom. The topological polar surface area (TPSA) is 50.2 Å². The summed E-state index contributed by atoms with van der Waals surface area (Å²) in [4.78, 5) is 13.9. The first-order valence-corrected chi connectivity index (χ1v) is 3.50. The van der Waals surface area contributed by atoms with E-state index in [2.05, 4.69) is 4.98 Å². The third-order valence-electron chi connectivity index (χ3n) is 1.52. The zero-order valence-electron chi connectivity index (χ0n) is 6.79. The zero-order valence-corrected chi connectivity index (χ0v) is 6.79.